The molecule has 0 amide bonds. The van der Waals surface area contributed by atoms with E-state index < -0.39 is 0 Å². The highest BCUT2D eigenvalue weighted by molar-refractivity contribution is 5.74. The fourth-order valence-corrected chi connectivity index (χ4v) is 2.15. The van der Waals surface area contributed by atoms with Gasteiger partial charge >= 0.3 is 0 Å². The maximum atomic E-state index is 10.8. The Morgan fingerprint density at radius 2 is 2.11 bits per heavy atom. The number of carbonyl (C=O) groups excluding carboxylic acids is 1. The monoisotopic (exact) mass is 251 g/mol. The summed E-state index contributed by atoms with van der Waals surface area (Å²) in [4.78, 5) is 10.8. The van der Waals surface area contributed by atoms with Gasteiger partial charge in [0.25, 0.3) is 0 Å². The molecule has 19 heavy (non-hydrogen) atoms. The van der Waals surface area contributed by atoms with Crippen LogP contribution in [-0.4, -0.2) is 20.9 Å². The molecule has 0 aliphatic rings. The summed E-state index contributed by atoms with van der Waals surface area (Å²) in [5.74, 6) is 0.837. The maximum absolute atomic E-state index is 10.8. The summed E-state index contributed by atoms with van der Waals surface area (Å²) >= 11 is 0. The molecule has 2 heterocycles. The first kappa shape index (κ1) is 11.6. The van der Waals surface area contributed by atoms with Crippen LogP contribution in [0.15, 0.2) is 42.6 Å². The molecule has 3 rings (SSSR count). The lowest BCUT2D eigenvalue weighted by Gasteiger charge is -2.02. The smallest absolute Gasteiger partial charge is 0.160 e. The third-order valence-electron chi connectivity index (χ3n) is 3.08. The van der Waals surface area contributed by atoms with Crippen LogP contribution in [0.2, 0.25) is 0 Å². The van der Waals surface area contributed by atoms with E-state index in [1.807, 2.05) is 10.5 Å². The van der Waals surface area contributed by atoms with Gasteiger partial charge in [-0.25, -0.2) is 0 Å². The fourth-order valence-electron chi connectivity index (χ4n) is 2.15. The Morgan fingerprint density at radius 1 is 1.21 bits per heavy atom. The molecule has 0 fully saturated rings. The third-order valence-corrected chi connectivity index (χ3v) is 3.08. The van der Waals surface area contributed by atoms with Crippen molar-refractivity contribution < 1.29 is 4.79 Å². The first-order chi connectivity index (χ1) is 9.26. The highest BCUT2D eigenvalue weighted by Crippen LogP contribution is 2.12. The van der Waals surface area contributed by atoms with Crippen LogP contribution in [0.1, 0.15) is 27.3 Å². The van der Waals surface area contributed by atoms with Gasteiger partial charge in [-0.3, -0.25) is 9.20 Å². The van der Waals surface area contributed by atoms with Crippen molar-refractivity contribution in [1.82, 2.24) is 14.6 Å². The molecule has 0 saturated heterocycles. The van der Waals surface area contributed by atoms with Crippen LogP contribution in [0.25, 0.3) is 5.65 Å². The molecule has 0 aliphatic carbocycles. The Kier molecular flexibility index (Phi) is 2.83. The summed E-state index contributed by atoms with van der Waals surface area (Å²) in [6, 6.07) is 11.8. The zero-order valence-electron chi connectivity index (χ0n) is 10.6. The second kappa shape index (κ2) is 4.65. The molecule has 0 unspecified atom stereocenters. The van der Waals surface area contributed by atoms with Crippen molar-refractivity contribution in [3.05, 3.63) is 65.1 Å². The van der Waals surface area contributed by atoms with Crippen molar-refractivity contribution in [3.63, 3.8) is 0 Å². The number of aromatic nitrogens is 3. The van der Waals surface area contributed by atoms with Gasteiger partial charge in [-0.15, -0.1) is 10.2 Å². The lowest BCUT2D eigenvalue weighted by molar-refractivity contribution is 0.112. The van der Waals surface area contributed by atoms with Crippen molar-refractivity contribution in [2.24, 2.45) is 0 Å². The Balaban J connectivity index is 2.03. The van der Waals surface area contributed by atoms with Crippen molar-refractivity contribution in [1.29, 1.82) is 0 Å². The molecule has 94 valence electrons. The minimum atomic E-state index is 0.623. The minimum Gasteiger partial charge on any atom is -0.298 e. The molecule has 0 saturated carbocycles. The molecule has 0 spiro atoms. The van der Waals surface area contributed by atoms with Crippen LogP contribution in [-0.2, 0) is 6.42 Å². The number of hydrogen-bond acceptors (Lipinski definition) is 3. The van der Waals surface area contributed by atoms with Crippen molar-refractivity contribution >= 4 is 11.9 Å². The summed E-state index contributed by atoms with van der Waals surface area (Å²) in [6.07, 6.45) is 3.30. The number of aryl methyl sites for hydroxylation is 1. The molecular weight excluding hydrogens is 238 g/mol. The van der Waals surface area contributed by atoms with Gasteiger partial charge < -0.3 is 0 Å². The predicted octanol–water partition coefficient (Wildman–Crippen LogP) is 2.44. The summed E-state index contributed by atoms with van der Waals surface area (Å²) in [6.45, 7) is 2.07. The van der Waals surface area contributed by atoms with Crippen LogP contribution < -0.4 is 0 Å². The molecule has 4 heteroatoms. The van der Waals surface area contributed by atoms with E-state index >= 15 is 0 Å². The molecule has 4 nitrogen and oxygen atoms in total. The van der Waals surface area contributed by atoms with E-state index in [2.05, 4.69) is 35.3 Å². The normalized spacial score (nSPS) is 10.8. The van der Waals surface area contributed by atoms with Gasteiger partial charge in [-0.1, -0.05) is 29.8 Å². The number of carbonyl (C=O) groups is 1. The number of rotatable bonds is 3. The molecule has 0 N–H and O–H groups in total. The lowest BCUT2D eigenvalue weighted by atomic mass is 10.1. The second-order valence-electron chi connectivity index (χ2n) is 4.59. The van der Waals surface area contributed by atoms with Gasteiger partial charge in [-0.05, 0) is 24.6 Å². The van der Waals surface area contributed by atoms with E-state index in [-0.39, 0.29) is 0 Å². The van der Waals surface area contributed by atoms with E-state index in [1.54, 1.807) is 18.3 Å². The summed E-state index contributed by atoms with van der Waals surface area (Å²) in [5, 5.41) is 8.30. The maximum Gasteiger partial charge on any atom is 0.160 e. The highest BCUT2D eigenvalue weighted by atomic mass is 16.1. The van der Waals surface area contributed by atoms with Gasteiger partial charge in [0.15, 0.2) is 11.9 Å². The largest absolute Gasteiger partial charge is 0.298 e. The number of aldehydes is 1. The summed E-state index contributed by atoms with van der Waals surface area (Å²) < 4.78 is 1.87. The van der Waals surface area contributed by atoms with Crippen LogP contribution >= 0.6 is 0 Å². The number of pyridine rings is 1. The molecular formula is C15H13N3O. The highest BCUT2D eigenvalue weighted by Gasteiger charge is 2.07. The van der Waals surface area contributed by atoms with E-state index in [4.69, 9.17) is 0 Å². The van der Waals surface area contributed by atoms with Gasteiger partial charge in [-0.2, -0.15) is 0 Å². The lowest BCUT2D eigenvalue weighted by Crippen LogP contribution is -1.98. The molecule has 1 aromatic carbocycles. The van der Waals surface area contributed by atoms with Crippen LogP contribution in [0.4, 0.5) is 0 Å². The third kappa shape index (κ3) is 2.25. The Bertz CT molecular complexity index is 746. The van der Waals surface area contributed by atoms with Gasteiger partial charge in [0.1, 0.15) is 5.82 Å². The molecule has 0 aliphatic heterocycles. The first-order valence-electron chi connectivity index (χ1n) is 6.10. The Labute approximate surface area is 110 Å². The van der Waals surface area contributed by atoms with E-state index in [0.29, 0.717) is 12.0 Å². The number of hydrogen-bond donors (Lipinski definition) is 0. The van der Waals surface area contributed by atoms with Gasteiger partial charge in [0.05, 0.1) is 0 Å². The number of benzene rings is 1. The van der Waals surface area contributed by atoms with Gasteiger partial charge in [0, 0.05) is 18.2 Å². The van der Waals surface area contributed by atoms with Crippen molar-refractivity contribution in [2.45, 2.75) is 13.3 Å². The number of fused-ring (bicyclic) bond motifs is 1. The first-order valence-corrected chi connectivity index (χ1v) is 6.10. The zero-order chi connectivity index (χ0) is 13.2. The Morgan fingerprint density at radius 3 is 2.89 bits per heavy atom. The predicted molar refractivity (Wildman–Crippen MR) is 72.4 cm³/mol. The van der Waals surface area contributed by atoms with Crippen molar-refractivity contribution in [2.75, 3.05) is 0 Å². The Hall–Kier alpha value is -2.49. The SMILES string of the molecule is Cc1cccc(Cc2nnc3ccc(C=O)cn23)c1. The summed E-state index contributed by atoms with van der Waals surface area (Å²) in [5.41, 5.74) is 3.79. The van der Waals surface area contributed by atoms with Gasteiger partial charge in [0.2, 0.25) is 0 Å². The average Bonchev–Trinajstić information content (AvgIpc) is 2.81. The number of nitrogens with zero attached hydrogens (tertiary/aromatic N) is 3. The van der Waals surface area contributed by atoms with Crippen molar-refractivity contribution in [3.8, 4) is 0 Å². The molecule has 0 bridgehead atoms. The fraction of sp³-hybridized carbons (Fsp3) is 0.133. The van der Waals surface area contributed by atoms with E-state index in [1.165, 1.54) is 11.1 Å². The van der Waals surface area contributed by atoms with Crippen LogP contribution in [0.3, 0.4) is 0 Å². The van der Waals surface area contributed by atoms with Crippen LogP contribution in [0, 0.1) is 6.92 Å². The quantitative estimate of drug-likeness (QED) is 0.672. The molecule has 2 aromatic heterocycles. The summed E-state index contributed by atoms with van der Waals surface area (Å²) in [7, 11) is 0. The van der Waals surface area contributed by atoms with E-state index in [0.717, 1.165) is 17.8 Å². The zero-order valence-corrected chi connectivity index (χ0v) is 10.6. The topological polar surface area (TPSA) is 47.3 Å². The molecule has 0 radical (unpaired) electrons. The second-order valence-corrected chi connectivity index (χ2v) is 4.59. The van der Waals surface area contributed by atoms with Crippen LogP contribution in [0.5, 0.6) is 0 Å². The molecule has 0 atom stereocenters. The standard InChI is InChI=1S/C15H13N3O/c1-11-3-2-4-12(7-11)8-15-17-16-14-6-5-13(10-19)9-18(14)15/h2-7,9-10H,8H2,1H3. The molecule has 3 aromatic rings. The average molecular weight is 251 g/mol. The minimum absolute atomic E-state index is 0.623. The van der Waals surface area contributed by atoms with E-state index in [9.17, 15) is 4.79 Å².